The van der Waals surface area contributed by atoms with Gasteiger partial charge in [0.15, 0.2) is 0 Å². The van der Waals surface area contributed by atoms with Gasteiger partial charge in [-0.1, -0.05) is 0 Å². The fourth-order valence-electron chi connectivity index (χ4n) is 4.19. The molecule has 8 nitrogen and oxygen atoms in total. The first-order chi connectivity index (χ1) is 17.8. The molecule has 1 aliphatic heterocycles. The zero-order valence-corrected chi connectivity index (χ0v) is 21.8. The van der Waals surface area contributed by atoms with Crippen LogP contribution < -0.4 is 15.4 Å². The van der Waals surface area contributed by atoms with Crippen molar-refractivity contribution in [1.82, 2.24) is 20.3 Å². The number of aromatic nitrogens is 3. The molecule has 37 heavy (non-hydrogen) atoms. The summed E-state index contributed by atoms with van der Waals surface area (Å²) in [6, 6.07) is 18.3. The van der Waals surface area contributed by atoms with Crippen LogP contribution in [0.3, 0.4) is 0 Å². The third kappa shape index (κ3) is 4.90. The van der Waals surface area contributed by atoms with E-state index in [0.717, 1.165) is 54.6 Å². The van der Waals surface area contributed by atoms with Gasteiger partial charge in [-0.3, -0.25) is 0 Å². The quantitative estimate of drug-likeness (QED) is 0.269. The Morgan fingerprint density at radius 2 is 1.89 bits per heavy atom. The fraction of sp³-hybridized carbons (Fsp3) is 0.214. The lowest BCUT2D eigenvalue weighted by Crippen LogP contribution is -2.36. The number of ether oxygens (including phenoxy) is 2. The molecule has 2 aromatic heterocycles. The lowest BCUT2D eigenvalue weighted by atomic mass is 10.1. The Balaban J connectivity index is 1.24. The first-order valence-electron chi connectivity index (χ1n) is 12.0. The van der Waals surface area contributed by atoms with Gasteiger partial charge < -0.3 is 20.1 Å². The highest BCUT2D eigenvalue weighted by atomic mass is 32.1. The Labute approximate surface area is 218 Å². The van der Waals surface area contributed by atoms with Gasteiger partial charge in [0.2, 0.25) is 0 Å². The molecule has 0 aliphatic carbocycles. The Morgan fingerprint density at radius 1 is 1.03 bits per heavy atom. The van der Waals surface area contributed by atoms with Gasteiger partial charge in [0.1, 0.15) is 30.3 Å². The number of nitrogens with one attached hydrogen (secondary N) is 2. The minimum absolute atomic E-state index is 0.133. The number of aliphatic imine (C=N–C) groups is 1. The summed E-state index contributed by atoms with van der Waals surface area (Å²) in [7, 11) is 0. The number of hydrogen-bond donors (Lipinski definition) is 2. The number of benzene rings is 3. The van der Waals surface area contributed by atoms with E-state index in [1.165, 1.54) is 0 Å². The highest BCUT2D eigenvalue weighted by molar-refractivity contribution is 7.18. The van der Waals surface area contributed by atoms with Crippen LogP contribution >= 0.6 is 11.3 Å². The summed E-state index contributed by atoms with van der Waals surface area (Å²) >= 11 is 1.66. The summed E-state index contributed by atoms with van der Waals surface area (Å²) < 4.78 is 13.0. The van der Waals surface area contributed by atoms with Gasteiger partial charge in [0.05, 0.1) is 32.0 Å². The number of rotatable bonds is 5. The van der Waals surface area contributed by atoms with Gasteiger partial charge in [0.25, 0.3) is 6.02 Å². The molecule has 0 amide bonds. The Kier molecular flexibility index (Phi) is 5.64. The summed E-state index contributed by atoms with van der Waals surface area (Å²) in [5.74, 6) is 2.29. The van der Waals surface area contributed by atoms with Crippen LogP contribution in [-0.2, 0) is 4.74 Å². The molecule has 3 heterocycles. The van der Waals surface area contributed by atoms with Crippen molar-refractivity contribution in [3.63, 3.8) is 0 Å². The second kappa shape index (κ2) is 9.01. The number of anilines is 2. The lowest BCUT2D eigenvalue weighted by Gasteiger charge is -2.13. The highest BCUT2D eigenvalue weighted by Crippen LogP contribution is 2.33. The van der Waals surface area contributed by atoms with Crippen molar-refractivity contribution in [2.75, 3.05) is 11.9 Å². The second-order valence-corrected chi connectivity index (χ2v) is 10.9. The van der Waals surface area contributed by atoms with E-state index in [0.29, 0.717) is 18.4 Å². The molecule has 0 bridgehead atoms. The number of aryl methyl sites for hydroxylation is 2. The van der Waals surface area contributed by atoms with Crippen LogP contribution in [0.1, 0.15) is 24.4 Å². The monoisotopic (exact) mass is 510 g/mol. The van der Waals surface area contributed by atoms with Gasteiger partial charge in [0, 0.05) is 17.1 Å². The van der Waals surface area contributed by atoms with E-state index in [-0.39, 0.29) is 5.54 Å². The first-order valence-corrected chi connectivity index (χ1v) is 12.8. The van der Waals surface area contributed by atoms with Crippen LogP contribution in [-0.4, -0.2) is 33.1 Å². The molecule has 1 saturated heterocycles. The lowest BCUT2D eigenvalue weighted by molar-refractivity contribution is 0.288. The molecule has 6 rings (SSSR count). The molecule has 0 radical (unpaired) electrons. The molecule has 2 N–H and O–H groups in total. The van der Waals surface area contributed by atoms with Crippen molar-refractivity contribution in [1.29, 1.82) is 0 Å². The summed E-state index contributed by atoms with van der Waals surface area (Å²) in [4.78, 5) is 18.0. The molecule has 5 aromatic rings. The Morgan fingerprint density at radius 3 is 2.70 bits per heavy atom. The third-order valence-electron chi connectivity index (χ3n) is 6.00. The van der Waals surface area contributed by atoms with Crippen LogP contribution in [0.5, 0.6) is 11.5 Å². The maximum Gasteiger partial charge on any atom is 0.290 e. The number of fused-ring (bicyclic) bond motifs is 2. The summed E-state index contributed by atoms with van der Waals surface area (Å²) in [5.41, 5.74) is 4.35. The highest BCUT2D eigenvalue weighted by Gasteiger charge is 2.28. The van der Waals surface area contributed by atoms with Gasteiger partial charge in [-0.15, -0.1) is 11.3 Å². The summed E-state index contributed by atoms with van der Waals surface area (Å²) in [6.07, 6.45) is 1.56. The standard InChI is InChI=1S/C28H26N6O2S/c1-16-11-18(6-10-24(16)36-20-7-9-23-25(13-20)37-17(2)31-23)32-26-21-12-19(5-8-22(21)29-15-30-26)33-27-34-28(3,4)14-35-27/h5-13,15H,14H2,1-4H3,(H,33,34)(H,29,30,32). The molecular weight excluding hydrogens is 484 g/mol. The molecule has 0 unspecified atom stereocenters. The zero-order valence-electron chi connectivity index (χ0n) is 21.0. The maximum absolute atomic E-state index is 6.19. The van der Waals surface area contributed by atoms with Crippen molar-refractivity contribution >= 4 is 55.7 Å². The van der Waals surface area contributed by atoms with Crippen LogP contribution in [0, 0.1) is 13.8 Å². The number of thiazole rings is 1. The molecular formula is C28H26N6O2S. The molecule has 1 aliphatic rings. The van der Waals surface area contributed by atoms with Crippen LogP contribution in [0.15, 0.2) is 65.9 Å². The maximum atomic E-state index is 6.19. The Hall–Kier alpha value is -4.24. The van der Waals surface area contributed by atoms with Crippen molar-refractivity contribution in [3.8, 4) is 11.5 Å². The predicted octanol–water partition coefficient (Wildman–Crippen LogP) is 6.78. The smallest absolute Gasteiger partial charge is 0.290 e. The summed E-state index contributed by atoms with van der Waals surface area (Å²) in [5, 5.41) is 8.63. The fourth-order valence-corrected chi connectivity index (χ4v) is 5.05. The molecule has 9 heteroatoms. The molecule has 0 spiro atoms. The number of amidine groups is 1. The zero-order chi connectivity index (χ0) is 25.6. The SMILES string of the molecule is Cc1nc2ccc(Oc3ccc(Nc4ncnc5ccc(/N=C6/NC(C)(C)CO6)cc45)cc3C)cc2s1. The molecule has 3 aromatic carbocycles. The number of nitrogens with zero attached hydrogens (tertiary/aromatic N) is 4. The van der Waals surface area contributed by atoms with E-state index in [4.69, 9.17) is 9.47 Å². The molecule has 186 valence electrons. The van der Waals surface area contributed by atoms with Crippen molar-refractivity contribution < 1.29 is 9.47 Å². The predicted molar refractivity (Wildman–Crippen MR) is 149 cm³/mol. The molecule has 1 fully saturated rings. The van der Waals surface area contributed by atoms with Crippen LogP contribution in [0.2, 0.25) is 0 Å². The minimum atomic E-state index is -0.133. The average molecular weight is 511 g/mol. The van der Waals surface area contributed by atoms with E-state index in [1.54, 1.807) is 17.7 Å². The third-order valence-corrected chi connectivity index (χ3v) is 6.93. The van der Waals surface area contributed by atoms with E-state index in [9.17, 15) is 0 Å². The van der Waals surface area contributed by atoms with Gasteiger partial charge >= 0.3 is 0 Å². The van der Waals surface area contributed by atoms with Crippen LogP contribution in [0.4, 0.5) is 17.2 Å². The normalized spacial score (nSPS) is 15.6. The first kappa shape index (κ1) is 23.2. The Bertz CT molecular complexity index is 1680. The number of hydrogen-bond acceptors (Lipinski definition) is 8. The molecule has 0 atom stereocenters. The van der Waals surface area contributed by atoms with Crippen molar-refractivity contribution in [2.45, 2.75) is 33.2 Å². The topological polar surface area (TPSA) is 93.5 Å². The summed E-state index contributed by atoms with van der Waals surface area (Å²) in [6.45, 7) is 8.76. The van der Waals surface area contributed by atoms with Crippen molar-refractivity contribution in [2.24, 2.45) is 4.99 Å². The van der Waals surface area contributed by atoms with E-state index < -0.39 is 0 Å². The van der Waals surface area contributed by atoms with Gasteiger partial charge in [-0.2, -0.15) is 4.99 Å². The van der Waals surface area contributed by atoms with Crippen molar-refractivity contribution in [3.05, 3.63) is 71.5 Å². The minimum Gasteiger partial charge on any atom is -0.463 e. The van der Waals surface area contributed by atoms with E-state index in [2.05, 4.69) is 44.4 Å². The largest absolute Gasteiger partial charge is 0.463 e. The van der Waals surface area contributed by atoms with Gasteiger partial charge in [-0.25, -0.2) is 15.0 Å². The van der Waals surface area contributed by atoms with E-state index in [1.807, 2.05) is 68.4 Å². The second-order valence-electron chi connectivity index (χ2n) is 9.71. The average Bonchev–Trinajstić information content (AvgIpc) is 3.40. The molecule has 0 saturated carbocycles. The van der Waals surface area contributed by atoms with E-state index >= 15 is 0 Å². The van der Waals surface area contributed by atoms with Gasteiger partial charge in [-0.05, 0) is 81.8 Å². The van der Waals surface area contributed by atoms with Crippen LogP contribution in [0.25, 0.3) is 21.1 Å².